The molecule has 2 N–H and O–H groups in total. The zero-order valence-electron chi connectivity index (χ0n) is 13.1. The van der Waals surface area contributed by atoms with Crippen LogP contribution in [0.5, 0.6) is 0 Å². The van der Waals surface area contributed by atoms with Crippen LogP contribution < -0.4 is 10.6 Å². The Bertz CT molecular complexity index is 889. The molecule has 0 bridgehead atoms. The predicted molar refractivity (Wildman–Crippen MR) is 87.0 cm³/mol. The normalized spacial score (nSPS) is 14.2. The van der Waals surface area contributed by atoms with Gasteiger partial charge < -0.3 is 15.1 Å². The summed E-state index contributed by atoms with van der Waals surface area (Å²) in [5.74, 6) is -1.25. The minimum Gasteiger partial charge on any atom is -0.455 e. The van der Waals surface area contributed by atoms with E-state index in [9.17, 15) is 17.6 Å². The number of benzene rings is 1. The lowest BCUT2D eigenvalue weighted by Crippen LogP contribution is -2.25. The summed E-state index contributed by atoms with van der Waals surface area (Å²) in [5, 5.41) is 5.63. The summed E-state index contributed by atoms with van der Waals surface area (Å²) in [7, 11) is -3.26. The Labute approximate surface area is 139 Å². The zero-order valence-corrected chi connectivity index (χ0v) is 13.9. The Morgan fingerprint density at radius 2 is 2.12 bits per heavy atom. The van der Waals surface area contributed by atoms with Crippen molar-refractivity contribution in [3.05, 3.63) is 52.7 Å². The van der Waals surface area contributed by atoms with Crippen LogP contribution in [-0.4, -0.2) is 27.1 Å². The van der Waals surface area contributed by atoms with E-state index in [1.807, 2.05) is 0 Å². The van der Waals surface area contributed by atoms with Crippen molar-refractivity contribution < 1.29 is 22.0 Å². The first-order valence-electron chi connectivity index (χ1n) is 7.42. The monoisotopic (exact) mass is 352 g/mol. The molecule has 2 heterocycles. The zero-order chi connectivity index (χ0) is 17.3. The molecule has 6 nitrogen and oxygen atoms in total. The van der Waals surface area contributed by atoms with Gasteiger partial charge in [0.1, 0.15) is 17.3 Å². The van der Waals surface area contributed by atoms with Gasteiger partial charge in [0.25, 0.3) is 5.91 Å². The summed E-state index contributed by atoms with van der Waals surface area (Å²) in [4.78, 5) is 12.2. The Balaban J connectivity index is 1.78. The SMILES string of the molecule is CS(=O)(=O)Cc1ccc(C(=O)Nc2ccc3c(c2F)CCNC3)o1. The number of halogens is 1. The lowest BCUT2D eigenvalue weighted by atomic mass is 9.99. The van der Waals surface area contributed by atoms with E-state index in [1.54, 1.807) is 6.07 Å². The molecule has 0 spiro atoms. The third kappa shape index (κ3) is 3.65. The van der Waals surface area contributed by atoms with E-state index >= 15 is 0 Å². The minimum absolute atomic E-state index is 0.0626. The maximum atomic E-state index is 14.5. The van der Waals surface area contributed by atoms with Crippen LogP contribution in [0, 0.1) is 5.82 Å². The van der Waals surface area contributed by atoms with Gasteiger partial charge in [0.05, 0.1) is 5.69 Å². The summed E-state index contributed by atoms with van der Waals surface area (Å²) in [5.41, 5.74) is 1.57. The molecule has 24 heavy (non-hydrogen) atoms. The van der Waals surface area contributed by atoms with Crippen LogP contribution in [0.25, 0.3) is 0 Å². The lowest BCUT2D eigenvalue weighted by Gasteiger charge is -2.19. The molecule has 1 aliphatic rings. The summed E-state index contributed by atoms with van der Waals surface area (Å²) in [6.45, 7) is 1.29. The van der Waals surface area contributed by atoms with Gasteiger partial charge in [-0.1, -0.05) is 6.07 Å². The second-order valence-corrected chi connectivity index (χ2v) is 7.92. The number of carbonyl (C=O) groups excluding carboxylic acids is 1. The first-order chi connectivity index (χ1) is 11.3. The maximum absolute atomic E-state index is 14.5. The van der Waals surface area contributed by atoms with Crippen LogP contribution >= 0.6 is 0 Å². The van der Waals surface area contributed by atoms with Crippen LogP contribution in [0.15, 0.2) is 28.7 Å². The molecule has 0 radical (unpaired) electrons. The number of anilines is 1. The highest BCUT2D eigenvalue weighted by Crippen LogP contribution is 2.25. The van der Waals surface area contributed by atoms with E-state index in [-0.39, 0.29) is 23.0 Å². The highest BCUT2D eigenvalue weighted by molar-refractivity contribution is 7.89. The maximum Gasteiger partial charge on any atom is 0.291 e. The van der Waals surface area contributed by atoms with Crippen molar-refractivity contribution in [2.24, 2.45) is 0 Å². The summed E-state index contributed by atoms with van der Waals surface area (Å²) in [6.07, 6.45) is 1.64. The number of amides is 1. The van der Waals surface area contributed by atoms with E-state index in [0.717, 1.165) is 11.8 Å². The molecule has 0 unspecified atom stereocenters. The fourth-order valence-corrected chi connectivity index (χ4v) is 3.32. The molecule has 1 aromatic carbocycles. The van der Waals surface area contributed by atoms with Crippen LogP contribution in [0.1, 0.15) is 27.4 Å². The molecule has 1 aliphatic heterocycles. The number of fused-ring (bicyclic) bond motifs is 1. The minimum atomic E-state index is -3.26. The highest BCUT2D eigenvalue weighted by Gasteiger charge is 2.19. The second-order valence-electron chi connectivity index (χ2n) is 5.78. The molecule has 0 saturated heterocycles. The Kier molecular flexibility index (Phi) is 4.42. The molecule has 1 aromatic heterocycles. The number of carbonyl (C=O) groups is 1. The van der Waals surface area contributed by atoms with E-state index in [2.05, 4.69) is 10.6 Å². The molecular formula is C16H17FN2O4S. The highest BCUT2D eigenvalue weighted by atomic mass is 32.2. The van der Waals surface area contributed by atoms with Crippen molar-refractivity contribution in [1.82, 2.24) is 5.32 Å². The Morgan fingerprint density at radius 3 is 2.88 bits per heavy atom. The average Bonchev–Trinajstić information content (AvgIpc) is 2.97. The molecule has 0 aliphatic carbocycles. The Morgan fingerprint density at radius 1 is 1.33 bits per heavy atom. The quantitative estimate of drug-likeness (QED) is 0.877. The van der Waals surface area contributed by atoms with E-state index < -0.39 is 21.6 Å². The van der Waals surface area contributed by atoms with Gasteiger partial charge in [-0.3, -0.25) is 4.79 Å². The van der Waals surface area contributed by atoms with Crippen LogP contribution in [0.3, 0.4) is 0 Å². The first kappa shape index (κ1) is 16.7. The number of rotatable bonds is 4. The summed E-state index contributed by atoms with van der Waals surface area (Å²) in [6, 6.07) is 6.08. The van der Waals surface area contributed by atoms with Crippen molar-refractivity contribution in [1.29, 1.82) is 0 Å². The average molecular weight is 352 g/mol. The van der Waals surface area contributed by atoms with E-state index in [0.29, 0.717) is 25.1 Å². The summed E-state index contributed by atoms with van der Waals surface area (Å²) < 4.78 is 42.2. The van der Waals surface area contributed by atoms with Gasteiger partial charge >= 0.3 is 0 Å². The van der Waals surface area contributed by atoms with Gasteiger partial charge in [-0.05, 0) is 42.3 Å². The smallest absolute Gasteiger partial charge is 0.291 e. The standard InChI is InChI=1S/C16H17FN2O4S/c1-24(21,22)9-11-3-5-14(23-11)16(20)19-13-4-2-10-8-18-7-6-12(10)15(13)17/h2-5,18H,6-9H2,1H3,(H,19,20). The second kappa shape index (κ2) is 6.37. The molecule has 8 heteroatoms. The van der Waals surface area contributed by atoms with Gasteiger partial charge in [-0.25, -0.2) is 12.8 Å². The topological polar surface area (TPSA) is 88.4 Å². The summed E-state index contributed by atoms with van der Waals surface area (Å²) >= 11 is 0. The molecule has 0 saturated carbocycles. The van der Waals surface area contributed by atoms with Crippen LogP contribution in [0.4, 0.5) is 10.1 Å². The lowest BCUT2D eigenvalue weighted by molar-refractivity contribution is 0.0994. The number of hydrogen-bond donors (Lipinski definition) is 2. The van der Waals surface area contributed by atoms with Crippen molar-refractivity contribution in [3.8, 4) is 0 Å². The van der Waals surface area contributed by atoms with Crippen molar-refractivity contribution in [2.75, 3.05) is 18.1 Å². The molecule has 1 amide bonds. The van der Waals surface area contributed by atoms with Crippen LogP contribution in [-0.2, 0) is 28.6 Å². The van der Waals surface area contributed by atoms with E-state index in [1.165, 1.54) is 18.2 Å². The third-order valence-corrected chi connectivity index (χ3v) is 4.55. The molecule has 2 aromatic rings. The van der Waals surface area contributed by atoms with Gasteiger partial charge in [-0.2, -0.15) is 0 Å². The molecule has 3 rings (SSSR count). The number of furan rings is 1. The third-order valence-electron chi connectivity index (χ3n) is 3.75. The van der Waals surface area contributed by atoms with Gasteiger partial charge in [0.2, 0.25) is 0 Å². The predicted octanol–water partition coefficient (Wildman–Crippen LogP) is 1.86. The van der Waals surface area contributed by atoms with Crippen molar-refractivity contribution in [2.45, 2.75) is 18.7 Å². The number of nitrogens with one attached hydrogen (secondary N) is 2. The van der Waals surface area contributed by atoms with E-state index in [4.69, 9.17) is 4.42 Å². The van der Waals surface area contributed by atoms with Gasteiger partial charge in [0.15, 0.2) is 15.6 Å². The molecule has 128 valence electrons. The first-order valence-corrected chi connectivity index (χ1v) is 9.48. The number of sulfone groups is 1. The molecule has 0 atom stereocenters. The number of hydrogen-bond acceptors (Lipinski definition) is 5. The van der Waals surface area contributed by atoms with Gasteiger partial charge in [-0.15, -0.1) is 0 Å². The fourth-order valence-electron chi connectivity index (χ4n) is 2.65. The van der Waals surface area contributed by atoms with Crippen molar-refractivity contribution >= 4 is 21.4 Å². The fraction of sp³-hybridized carbons (Fsp3) is 0.312. The molecule has 0 fully saturated rings. The van der Waals surface area contributed by atoms with Crippen LogP contribution in [0.2, 0.25) is 0 Å². The van der Waals surface area contributed by atoms with Gasteiger partial charge in [0, 0.05) is 12.8 Å². The molecular weight excluding hydrogens is 335 g/mol. The van der Waals surface area contributed by atoms with Crippen molar-refractivity contribution in [3.63, 3.8) is 0 Å². The largest absolute Gasteiger partial charge is 0.455 e. The Hall–Kier alpha value is -2.19.